The molecule has 2 aromatic rings. The van der Waals surface area contributed by atoms with Gasteiger partial charge >= 0.3 is 5.69 Å². The maximum absolute atomic E-state index is 14.2. The lowest BCUT2D eigenvalue weighted by Gasteiger charge is -2.40. The van der Waals surface area contributed by atoms with Crippen molar-refractivity contribution in [3.8, 4) is 0 Å². The number of aromatic nitrogens is 2. The van der Waals surface area contributed by atoms with Crippen molar-refractivity contribution in [1.82, 2.24) is 14.5 Å². The van der Waals surface area contributed by atoms with Crippen molar-refractivity contribution in [3.63, 3.8) is 0 Å². The van der Waals surface area contributed by atoms with Gasteiger partial charge in [-0.05, 0) is 70.1 Å². The Morgan fingerprint density at radius 2 is 1.81 bits per heavy atom. The minimum absolute atomic E-state index is 0.142. The van der Waals surface area contributed by atoms with Crippen LogP contribution in [0.3, 0.4) is 0 Å². The van der Waals surface area contributed by atoms with E-state index in [1.165, 1.54) is 18.9 Å². The van der Waals surface area contributed by atoms with Crippen LogP contribution in [0.25, 0.3) is 11.0 Å². The number of nitrogens with one attached hydrogen (secondary N) is 1. The van der Waals surface area contributed by atoms with E-state index in [2.05, 4.69) is 16.8 Å². The number of aromatic amines is 1. The molecule has 0 unspecified atom stereocenters. The van der Waals surface area contributed by atoms with Gasteiger partial charge in [-0.15, -0.1) is 0 Å². The van der Waals surface area contributed by atoms with E-state index in [4.69, 9.17) is 4.74 Å². The predicted molar refractivity (Wildman–Crippen MR) is 105 cm³/mol. The summed E-state index contributed by atoms with van der Waals surface area (Å²) in [5.74, 6) is -0.343. The van der Waals surface area contributed by atoms with E-state index in [0.717, 1.165) is 50.9 Å². The zero-order valence-corrected chi connectivity index (χ0v) is 16.3. The van der Waals surface area contributed by atoms with Gasteiger partial charge in [0.15, 0.2) is 0 Å². The highest BCUT2D eigenvalue weighted by Crippen LogP contribution is 2.31. The lowest BCUT2D eigenvalue weighted by molar-refractivity contribution is 0.00796. The van der Waals surface area contributed by atoms with Crippen LogP contribution in [0.2, 0.25) is 0 Å². The van der Waals surface area contributed by atoms with Crippen molar-refractivity contribution >= 4 is 11.0 Å². The van der Waals surface area contributed by atoms with Crippen molar-refractivity contribution < 1.29 is 9.13 Å². The number of likely N-dealkylation sites (tertiary alicyclic amines) is 1. The molecule has 0 radical (unpaired) electrons. The summed E-state index contributed by atoms with van der Waals surface area (Å²) >= 11 is 0. The van der Waals surface area contributed by atoms with Gasteiger partial charge in [-0.1, -0.05) is 0 Å². The SMILES string of the molecule is CCO[C@H]1CC[C@H](N2CCC(n3c(=O)[nH]c4c(F)cc(C)cc43)CC2)CC1. The summed E-state index contributed by atoms with van der Waals surface area (Å²) in [6.07, 6.45) is 7.02. The number of rotatable bonds is 4. The lowest BCUT2D eigenvalue weighted by Crippen LogP contribution is -2.45. The first-order valence-corrected chi connectivity index (χ1v) is 10.3. The molecule has 2 aliphatic rings. The van der Waals surface area contributed by atoms with Gasteiger partial charge in [0, 0.05) is 31.8 Å². The van der Waals surface area contributed by atoms with E-state index in [9.17, 15) is 9.18 Å². The summed E-state index contributed by atoms with van der Waals surface area (Å²) in [5.41, 5.74) is 1.69. The number of piperidine rings is 1. The number of ether oxygens (including phenoxy) is 1. The van der Waals surface area contributed by atoms with E-state index < -0.39 is 0 Å². The normalized spacial score (nSPS) is 25.3. The molecule has 27 heavy (non-hydrogen) atoms. The number of benzene rings is 1. The third-order valence-electron chi connectivity index (χ3n) is 6.35. The Bertz CT molecular complexity index is 843. The Labute approximate surface area is 159 Å². The number of aryl methyl sites for hydroxylation is 1. The number of halogens is 1. The molecule has 1 aromatic carbocycles. The van der Waals surface area contributed by atoms with Crippen molar-refractivity contribution in [1.29, 1.82) is 0 Å². The van der Waals surface area contributed by atoms with Crippen LogP contribution < -0.4 is 5.69 Å². The fourth-order valence-electron chi connectivity index (χ4n) is 5.00. The number of imidazole rings is 1. The molecule has 1 aliphatic carbocycles. The van der Waals surface area contributed by atoms with E-state index in [-0.39, 0.29) is 17.5 Å². The summed E-state index contributed by atoms with van der Waals surface area (Å²) in [4.78, 5) is 17.8. The van der Waals surface area contributed by atoms with E-state index in [1.807, 2.05) is 13.0 Å². The van der Waals surface area contributed by atoms with E-state index in [0.29, 0.717) is 23.2 Å². The highest BCUT2D eigenvalue weighted by Gasteiger charge is 2.30. The summed E-state index contributed by atoms with van der Waals surface area (Å²) in [6.45, 7) is 6.74. The number of hydrogen-bond donors (Lipinski definition) is 1. The van der Waals surface area contributed by atoms with Crippen molar-refractivity contribution in [3.05, 3.63) is 34.0 Å². The molecule has 2 fully saturated rings. The average molecular weight is 375 g/mol. The standard InChI is InChI=1S/C21H30FN3O2/c1-3-27-17-6-4-15(5-7-17)24-10-8-16(9-11-24)25-19-13-14(2)12-18(22)20(19)23-21(25)26/h12-13,15-17H,3-11H2,1-2H3,(H,23,26)/t15-,17-. The number of nitrogens with zero attached hydrogens (tertiary/aromatic N) is 2. The second-order valence-corrected chi connectivity index (χ2v) is 8.09. The highest BCUT2D eigenvalue weighted by molar-refractivity contribution is 5.77. The van der Waals surface area contributed by atoms with Gasteiger partial charge in [0.05, 0.1) is 11.6 Å². The van der Waals surface area contributed by atoms with Crippen LogP contribution in [0, 0.1) is 12.7 Å². The van der Waals surface area contributed by atoms with Gasteiger partial charge in [0.1, 0.15) is 11.3 Å². The Morgan fingerprint density at radius 1 is 1.11 bits per heavy atom. The smallest absolute Gasteiger partial charge is 0.326 e. The number of hydrogen-bond acceptors (Lipinski definition) is 3. The second-order valence-electron chi connectivity index (χ2n) is 8.09. The highest BCUT2D eigenvalue weighted by atomic mass is 19.1. The Morgan fingerprint density at radius 3 is 2.48 bits per heavy atom. The molecule has 5 nitrogen and oxygen atoms in total. The Hall–Kier alpha value is -1.66. The molecule has 1 saturated heterocycles. The van der Waals surface area contributed by atoms with Crippen LogP contribution >= 0.6 is 0 Å². The van der Waals surface area contributed by atoms with Crippen molar-refractivity contribution in [2.45, 2.75) is 70.6 Å². The van der Waals surface area contributed by atoms with E-state index in [1.54, 1.807) is 4.57 Å². The van der Waals surface area contributed by atoms with E-state index >= 15 is 0 Å². The molecule has 6 heteroatoms. The molecule has 1 saturated carbocycles. The first kappa shape index (κ1) is 18.7. The van der Waals surface area contributed by atoms with Gasteiger partial charge in [-0.2, -0.15) is 0 Å². The minimum Gasteiger partial charge on any atom is -0.379 e. The first-order chi connectivity index (χ1) is 13.1. The average Bonchev–Trinajstić information content (AvgIpc) is 2.99. The predicted octanol–water partition coefficient (Wildman–Crippen LogP) is 3.76. The monoisotopic (exact) mass is 375 g/mol. The first-order valence-electron chi connectivity index (χ1n) is 10.3. The van der Waals surface area contributed by atoms with Crippen LogP contribution in [0.15, 0.2) is 16.9 Å². The molecule has 1 N–H and O–H groups in total. The van der Waals surface area contributed by atoms with Crippen molar-refractivity contribution in [2.24, 2.45) is 0 Å². The van der Waals surface area contributed by atoms with Gasteiger partial charge < -0.3 is 14.6 Å². The second kappa shape index (κ2) is 7.76. The molecule has 0 spiro atoms. The maximum atomic E-state index is 14.2. The summed E-state index contributed by atoms with van der Waals surface area (Å²) in [7, 11) is 0. The summed E-state index contributed by atoms with van der Waals surface area (Å²) < 4.78 is 21.8. The fraction of sp³-hybridized carbons (Fsp3) is 0.667. The molecular weight excluding hydrogens is 345 g/mol. The van der Waals surface area contributed by atoms with Gasteiger partial charge in [0.2, 0.25) is 0 Å². The zero-order valence-electron chi connectivity index (χ0n) is 16.3. The number of fused-ring (bicyclic) bond motifs is 1. The molecule has 1 aliphatic heterocycles. The third kappa shape index (κ3) is 3.69. The molecular formula is C21H30FN3O2. The van der Waals surface area contributed by atoms with Gasteiger partial charge in [-0.25, -0.2) is 9.18 Å². The molecule has 4 rings (SSSR count). The van der Waals surface area contributed by atoms with Crippen LogP contribution in [-0.4, -0.2) is 46.3 Å². The maximum Gasteiger partial charge on any atom is 0.326 e. The Kier molecular flexibility index (Phi) is 5.37. The molecule has 0 amide bonds. The summed E-state index contributed by atoms with van der Waals surface area (Å²) in [5, 5.41) is 0. The topological polar surface area (TPSA) is 50.3 Å². The molecule has 0 atom stereocenters. The minimum atomic E-state index is -0.343. The Balaban J connectivity index is 1.44. The van der Waals surface area contributed by atoms with Crippen LogP contribution in [0.1, 0.15) is 57.1 Å². The molecule has 2 heterocycles. The van der Waals surface area contributed by atoms with Crippen molar-refractivity contribution in [2.75, 3.05) is 19.7 Å². The number of H-pyrrole nitrogens is 1. The van der Waals surface area contributed by atoms with Gasteiger partial charge in [-0.3, -0.25) is 4.57 Å². The zero-order chi connectivity index (χ0) is 19.0. The van der Waals surface area contributed by atoms with Gasteiger partial charge in [0.25, 0.3) is 0 Å². The third-order valence-corrected chi connectivity index (χ3v) is 6.35. The molecule has 1 aromatic heterocycles. The van der Waals surface area contributed by atoms with Crippen LogP contribution in [0.5, 0.6) is 0 Å². The fourth-order valence-corrected chi connectivity index (χ4v) is 5.00. The van der Waals surface area contributed by atoms with Crippen LogP contribution in [0.4, 0.5) is 4.39 Å². The molecule has 0 bridgehead atoms. The quantitative estimate of drug-likeness (QED) is 0.885. The van der Waals surface area contributed by atoms with Crippen LogP contribution in [-0.2, 0) is 4.74 Å². The summed E-state index contributed by atoms with van der Waals surface area (Å²) in [6, 6.07) is 4.17. The lowest BCUT2D eigenvalue weighted by atomic mass is 9.90. The largest absolute Gasteiger partial charge is 0.379 e. The molecule has 148 valence electrons.